The summed E-state index contributed by atoms with van der Waals surface area (Å²) < 4.78 is 6.28. The molecule has 1 aliphatic carbocycles. The highest BCUT2D eigenvalue weighted by atomic mass is 79.9. The summed E-state index contributed by atoms with van der Waals surface area (Å²) in [6.07, 6.45) is 3.77. The van der Waals surface area contributed by atoms with Gasteiger partial charge < -0.3 is 10.5 Å². The number of hydrogen-bond acceptors (Lipinski definition) is 2. The normalized spacial score (nSPS) is 17.5. The lowest BCUT2D eigenvalue weighted by Crippen LogP contribution is -2.11. The fourth-order valence-corrected chi connectivity index (χ4v) is 2.31. The summed E-state index contributed by atoms with van der Waals surface area (Å²) in [7, 11) is 1.68. The molecule has 0 aliphatic heterocycles. The molecule has 1 aromatic rings. The van der Waals surface area contributed by atoms with Gasteiger partial charge in [-0.1, -0.05) is 28.8 Å². The third-order valence-electron chi connectivity index (χ3n) is 2.89. The second-order valence-electron chi connectivity index (χ2n) is 4.17. The number of ether oxygens (including phenoxy) is 1. The molecule has 0 heterocycles. The average Bonchev–Trinajstić information content (AvgIpc) is 3.02. The van der Waals surface area contributed by atoms with Gasteiger partial charge in [0.25, 0.3) is 0 Å². The maximum absolute atomic E-state index is 6.17. The van der Waals surface area contributed by atoms with Crippen molar-refractivity contribution in [3.8, 4) is 5.75 Å². The average molecular weight is 270 g/mol. The van der Waals surface area contributed by atoms with E-state index in [-0.39, 0.29) is 6.04 Å². The Hall–Kier alpha value is -0.540. The Morgan fingerprint density at radius 1 is 1.53 bits per heavy atom. The fraction of sp³-hybridized carbons (Fsp3) is 0.500. The Labute approximate surface area is 98.9 Å². The van der Waals surface area contributed by atoms with Crippen LogP contribution in [0.25, 0.3) is 0 Å². The molecule has 2 nitrogen and oxygen atoms in total. The molecule has 0 aromatic heterocycles. The van der Waals surface area contributed by atoms with Crippen molar-refractivity contribution in [1.82, 2.24) is 0 Å². The van der Waals surface area contributed by atoms with Gasteiger partial charge in [0.1, 0.15) is 5.75 Å². The van der Waals surface area contributed by atoms with Crippen LogP contribution in [0, 0.1) is 5.92 Å². The van der Waals surface area contributed by atoms with Gasteiger partial charge in [0, 0.05) is 10.5 Å². The van der Waals surface area contributed by atoms with Gasteiger partial charge in [-0.05, 0) is 36.1 Å². The number of methoxy groups -OCH3 is 1. The van der Waals surface area contributed by atoms with E-state index in [4.69, 9.17) is 10.5 Å². The first-order chi connectivity index (χ1) is 7.20. The summed E-state index contributed by atoms with van der Waals surface area (Å²) in [5.41, 5.74) is 7.33. The molecule has 0 spiro atoms. The molecule has 1 aliphatic rings. The largest absolute Gasteiger partial charge is 0.497 e. The van der Waals surface area contributed by atoms with E-state index >= 15 is 0 Å². The van der Waals surface area contributed by atoms with Gasteiger partial charge in [0.2, 0.25) is 0 Å². The number of rotatable bonds is 4. The van der Waals surface area contributed by atoms with Crippen molar-refractivity contribution in [2.45, 2.75) is 25.3 Å². The van der Waals surface area contributed by atoms with Crippen LogP contribution >= 0.6 is 15.9 Å². The van der Waals surface area contributed by atoms with Crippen LogP contribution in [0.1, 0.15) is 30.9 Å². The van der Waals surface area contributed by atoms with Gasteiger partial charge in [0.05, 0.1) is 7.11 Å². The van der Waals surface area contributed by atoms with Crippen LogP contribution in [0.15, 0.2) is 22.7 Å². The van der Waals surface area contributed by atoms with Crippen molar-refractivity contribution in [2.75, 3.05) is 7.11 Å². The van der Waals surface area contributed by atoms with E-state index < -0.39 is 0 Å². The lowest BCUT2D eigenvalue weighted by molar-refractivity contribution is 0.413. The van der Waals surface area contributed by atoms with Gasteiger partial charge in [-0.15, -0.1) is 0 Å². The van der Waals surface area contributed by atoms with Crippen LogP contribution in [-0.2, 0) is 0 Å². The van der Waals surface area contributed by atoms with Crippen LogP contribution < -0.4 is 10.5 Å². The third kappa shape index (κ3) is 2.73. The molecule has 2 rings (SSSR count). The molecular weight excluding hydrogens is 254 g/mol. The summed E-state index contributed by atoms with van der Waals surface area (Å²) >= 11 is 3.54. The van der Waals surface area contributed by atoms with E-state index in [0.29, 0.717) is 0 Å². The Morgan fingerprint density at radius 2 is 2.27 bits per heavy atom. The lowest BCUT2D eigenvalue weighted by atomic mass is 10.0. The second kappa shape index (κ2) is 4.54. The quantitative estimate of drug-likeness (QED) is 0.911. The number of halogens is 1. The summed E-state index contributed by atoms with van der Waals surface area (Å²) in [4.78, 5) is 0. The minimum absolute atomic E-state index is 0.127. The first-order valence-electron chi connectivity index (χ1n) is 5.29. The van der Waals surface area contributed by atoms with E-state index in [1.807, 2.05) is 18.2 Å². The minimum atomic E-state index is 0.127. The SMILES string of the molecule is COc1ccc(Br)c([C@@H](N)CC2CC2)c1. The van der Waals surface area contributed by atoms with E-state index in [1.54, 1.807) is 7.11 Å². The molecule has 1 atom stereocenters. The van der Waals surface area contributed by atoms with Gasteiger partial charge >= 0.3 is 0 Å². The number of hydrogen-bond donors (Lipinski definition) is 1. The van der Waals surface area contributed by atoms with E-state index in [1.165, 1.54) is 12.8 Å². The van der Waals surface area contributed by atoms with E-state index in [9.17, 15) is 0 Å². The van der Waals surface area contributed by atoms with Gasteiger partial charge in [0.15, 0.2) is 0 Å². The zero-order valence-corrected chi connectivity index (χ0v) is 10.5. The first-order valence-corrected chi connectivity index (χ1v) is 6.09. The summed E-state index contributed by atoms with van der Waals surface area (Å²) in [5.74, 6) is 1.72. The topological polar surface area (TPSA) is 35.2 Å². The molecule has 15 heavy (non-hydrogen) atoms. The number of benzene rings is 1. The molecule has 0 saturated heterocycles. The molecule has 0 unspecified atom stereocenters. The van der Waals surface area contributed by atoms with Crippen LogP contribution in [0.5, 0.6) is 5.75 Å². The monoisotopic (exact) mass is 269 g/mol. The Bertz CT molecular complexity index is 349. The first kappa shape index (κ1) is 11.0. The maximum atomic E-state index is 6.17. The standard InChI is InChI=1S/C12H16BrNO/c1-15-9-4-5-11(13)10(7-9)12(14)6-8-2-3-8/h4-5,7-8,12H,2-3,6,14H2,1H3/t12-/m0/s1. The van der Waals surface area contributed by atoms with Crippen molar-refractivity contribution in [3.05, 3.63) is 28.2 Å². The van der Waals surface area contributed by atoms with Crippen LogP contribution in [0.4, 0.5) is 0 Å². The van der Waals surface area contributed by atoms with Crippen LogP contribution in [0.2, 0.25) is 0 Å². The Balaban J connectivity index is 2.16. The van der Waals surface area contributed by atoms with Crippen LogP contribution in [-0.4, -0.2) is 7.11 Å². The third-order valence-corrected chi connectivity index (χ3v) is 3.61. The predicted molar refractivity (Wildman–Crippen MR) is 65.0 cm³/mol. The van der Waals surface area contributed by atoms with E-state index in [0.717, 1.165) is 28.1 Å². The molecule has 82 valence electrons. The van der Waals surface area contributed by atoms with Crippen molar-refractivity contribution in [2.24, 2.45) is 11.7 Å². The zero-order valence-electron chi connectivity index (χ0n) is 8.87. The lowest BCUT2D eigenvalue weighted by Gasteiger charge is -2.14. The summed E-state index contributed by atoms with van der Waals surface area (Å²) in [5, 5.41) is 0. The predicted octanol–water partition coefficient (Wildman–Crippen LogP) is 3.26. The molecule has 1 saturated carbocycles. The maximum Gasteiger partial charge on any atom is 0.119 e. The minimum Gasteiger partial charge on any atom is -0.497 e. The number of nitrogens with two attached hydrogens (primary N) is 1. The van der Waals surface area contributed by atoms with Crippen molar-refractivity contribution < 1.29 is 4.74 Å². The molecule has 0 radical (unpaired) electrons. The van der Waals surface area contributed by atoms with Crippen molar-refractivity contribution >= 4 is 15.9 Å². The van der Waals surface area contributed by atoms with Crippen molar-refractivity contribution in [1.29, 1.82) is 0 Å². The molecule has 1 fully saturated rings. The van der Waals surface area contributed by atoms with E-state index in [2.05, 4.69) is 15.9 Å². The molecule has 0 bridgehead atoms. The molecule has 0 amide bonds. The molecular formula is C12H16BrNO. The van der Waals surface area contributed by atoms with Crippen molar-refractivity contribution in [3.63, 3.8) is 0 Å². The van der Waals surface area contributed by atoms with Gasteiger partial charge in [-0.3, -0.25) is 0 Å². The van der Waals surface area contributed by atoms with Gasteiger partial charge in [-0.25, -0.2) is 0 Å². The molecule has 2 N–H and O–H groups in total. The summed E-state index contributed by atoms with van der Waals surface area (Å²) in [6, 6.07) is 6.09. The summed E-state index contributed by atoms with van der Waals surface area (Å²) in [6.45, 7) is 0. The molecule has 1 aromatic carbocycles. The smallest absolute Gasteiger partial charge is 0.119 e. The Kier molecular flexibility index (Phi) is 3.32. The van der Waals surface area contributed by atoms with Gasteiger partial charge in [-0.2, -0.15) is 0 Å². The second-order valence-corrected chi connectivity index (χ2v) is 5.03. The molecule has 3 heteroatoms. The van der Waals surface area contributed by atoms with Crippen LogP contribution in [0.3, 0.4) is 0 Å². The highest BCUT2D eigenvalue weighted by Gasteiger charge is 2.25. The Morgan fingerprint density at radius 3 is 2.87 bits per heavy atom. The zero-order chi connectivity index (χ0) is 10.8. The highest BCUT2D eigenvalue weighted by molar-refractivity contribution is 9.10. The highest BCUT2D eigenvalue weighted by Crippen LogP contribution is 2.38. The fourth-order valence-electron chi connectivity index (χ4n) is 1.77.